The van der Waals surface area contributed by atoms with Crippen molar-refractivity contribution in [1.29, 1.82) is 0 Å². The molecule has 8 rings (SSSR count). The molecule has 5 amide bonds. The number of halogens is 2. The number of aromatic nitrogens is 2. The van der Waals surface area contributed by atoms with E-state index in [1.807, 2.05) is 6.07 Å². The Morgan fingerprint density at radius 3 is 2.21 bits per heavy atom. The van der Waals surface area contributed by atoms with Crippen molar-refractivity contribution in [2.45, 2.75) is 70.2 Å². The topological polar surface area (TPSA) is 218 Å². The summed E-state index contributed by atoms with van der Waals surface area (Å²) in [6.07, 6.45) is 3.22. The maximum atomic E-state index is 15.4. The minimum absolute atomic E-state index is 0.0674. The highest BCUT2D eigenvalue weighted by molar-refractivity contribution is 7.94. The van der Waals surface area contributed by atoms with Gasteiger partial charge in [-0.1, -0.05) is 11.6 Å². The van der Waals surface area contributed by atoms with E-state index < -0.39 is 56.2 Å². The molecular formula is C46H53ClFN11O7S. The summed E-state index contributed by atoms with van der Waals surface area (Å²) in [6, 6.07) is 13.1. The highest BCUT2D eigenvalue weighted by Gasteiger charge is 2.45. The van der Waals surface area contributed by atoms with Gasteiger partial charge in [-0.05, 0) is 102 Å². The lowest BCUT2D eigenvalue weighted by atomic mass is 10.0. The van der Waals surface area contributed by atoms with Crippen molar-refractivity contribution in [1.82, 2.24) is 35.3 Å². The van der Waals surface area contributed by atoms with E-state index in [0.717, 1.165) is 75.8 Å². The Balaban J connectivity index is 0.774. The van der Waals surface area contributed by atoms with Crippen molar-refractivity contribution in [3.63, 3.8) is 0 Å². The molecule has 21 heteroatoms. The number of hydrogen-bond donors (Lipinski definition) is 5. The number of benzene rings is 3. The molecule has 3 saturated heterocycles. The van der Waals surface area contributed by atoms with Crippen LogP contribution in [0, 0.1) is 12.7 Å². The third kappa shape index (κ3) is 10.5. The van der Waals surface area contributed by atoms with Crippen LogP contribution in [0.4, 0.5) is 38.9 Å². The Hall–Kier alpha value is -6.22. The number of carbonyl (C=O) groups is 5. The van der Waals surface area contributed by atoms with E-state index in [-0.39, 0.29) is 52.2 Å². The second-order valence-corrected chi connectivity index (χ2v) is 21.0. The SMILES string of the molecule is Cc1cnc(Nc2ccc(C(=O)NC3CCN(CCN4CCN(c5ccc6c(c5)C(=O)N(C5CCC(=O)NC5=O)C6=O)CC4)CC3)c(F)c2)nc1Nc1ccc(Cl)c(NS(=O)(=O)C(C)(C)C)c1. The number of fused-ring (bicyclic) bond motifs is 1. The third-order valence-corrected chi connectivity index (χ3v) is 15.0. The fourth-order valence-electron chi connectivity index (χ4n) is 8.38. The van der Waals surface area contributed by atoms with Gasteiger partial charge in [-0.15, -0.1) is 0 Å². The molecule has 1 atom stereocenters. The molecule has 4 aliphatic heterocycles. The van der Waals surface area contributed by atoms with Crippen molar-refractivity contribution >= 4 is 85.7 Å². The monoisotopic (exact) mass is 957 g/mol. The molecule has 1 unspecified atom stereocenters. The summed E-state index contributed by atoms with van der Waals surface area (Å²) >= 11 is 6.31. The zero-order valence-corrected chi connectivity index (χ0v) is 39.2. The number of imide groups is 2. The number of anilines is 6. The van der Waals surface area contributed by atoms with E-state index >= 15 is 4.39 Å². The number of hydrogen-bond acceptors (Lipinski definition) is 14. The van der Waals surface area contributed by atoms with Crippen molar-refractivity contribution in [2.24, 2.45) is 0 Å². The number of carbonyl (C=O) groups excluding carboxylic acids is 5. The van der Waals surface area contributed by atoms with Gasteiger partial charge in [-0.2, -0.15) is 4.98 Å². The van der Waals surface area contributed by atoms with Crippen LogP contribution in [0.15, 0.2) is 60.8 Å². The van der Waals surface area contributed by atoms with E-state index in [9.17, 15) is 32.4 Å². The quantitative estimate of drug-likeness (QED) is 0.111. The first kappa shape index (κ1) is 47.3. The first-order valence-corrected chi connectivity index (χ1v) is 24.0. The Kier molecular flexibility index (Phi) is 13.5. The Morgan fingerprint density at radius 2 is 1.52 bits per heavy atom. The second-order valence-electron chi connectivity index (χ2n) is 18.2. The van der Waals surface area contributed by atoms with Crippen molar-refractivity contribution in [3.8, 4) is 0 Å². The summed E-state index contributed by atoms with van der Waals surface area (Å²) in [5.41, 5.74) is 3.04. The largest absolute Gasteiger partial charge is 0.369 e. The predicted octanol–water partition coefficient (Wildman–Crippen LogP) is 5.02. The lowest BCUT2D eigenvalue weighted by Gasteiger charge is -2.38. The van der Waals surface area contributed by atoms with Crippen molar-refractivity contribution in [3.05, 3.63) is 93.9 Å². The number of likely N-dealkylation sites (tertiary alicyclic amines) is 1. The predicted molar refractivity (Wildman–Crippen MR) is 252 cm³/mol. The fourth-order valence-corrected chi connectivity index (χ4v) is 9.37. The van der Waals surface area contributed by atoms with Crippen LogP contribution >= 0.6 is 11.6 Å². The number of sulfonamides is 1. The lowest BCUT2D eigenvalue weighted by Crippen LogP contribution is -2.54. The molecular weight excluding hydrogens is 905 g/mol. The zero-order chi connectivity index (χ0) is 47.8. The molecule has 0 saturated carbocycles. The third-order valence-electron chi connectivity index (χ3n) is 12.5. The summed E-state index contributed by atoms with van der Waals surface area (Å²) < 4.78 is 42.4. The number of nitrogens with zero attached hydrogens (tertiary/aromatic N) is 6. The second kappa shape index (κ2) is 19.2. The summed E-state index contributed by atoms with van der Waals surface area (Å²) in [5, 5.41) is 11.6. The number of rotatable bonds is 13. The van der Waals surface area contributed by atoms with Gasteiger partial charge < -0.3 is 25.8 Å². The van der Waals surface area contributed by atoms with Gasteiger partial charge in [0.1, 0.15) is 17.7 Å². The van der Waals surface area contributed by atoms with Gasteiger partial charge in [0.05, 0.1) is 32.1 Å². The Bertz CT molecular complexity index is 2740. The van der Waals surface area contributed by atoms with Gasteiger partial charge in [0, 0.05) is 93.6 Å². The summed E-state index contributed by atoms with van der Waals surface area (Å²) in [6.45, 7) is 13.0. The van der Waals surface area contributed by atoms with Crippen LogP contribution in [0.5, 0.6) is 0 Å². The summed E-state index contributed by atoms with van der Waals surface area (Å²) in [7, 11) is -3.73. The molecule has 0 aliphatic carbocycles. The van der Waals surface area contributed by atoms with Crippen LogP contribution in [0.2, 0.25) is 5.02 Å². The minimum atomic E-state index is -3.73. The van der Waals surface area contributed by atoms with Gasteiger partial charge in [0.2, 0.25) is 27.8 Å². The van der Waals surface area contributed by atoms with E-state index in [1.165, 1.54) is 12.1 Å². The van der Waals surface area contributed by atoms with E-state index in [4.69, 9.17) is 11.6 Å². The molecule has 5 heterocycles. The number of piperazine rings is 1. The summed E-state index contributed by atoms with van der Waals surface area (Å²) in [5.74, 6) is -2.69. The van der Waals surface area contributed by atoms with Gasteiger partial charge >= 0.3 is 0 Å². The number of piperidine rings is 2. The van der Waals surface area contributed by atoms with Gasteiger partial charge in [-0.25, -0.2) is 17.8 Å². The average Bonchev–Trinajstić information content (AvgIpc) is 3.53. The summed E-state index contributed by atoms with van der Waals surface area (Å²) in [4.78, 5) is 80.5. The molecule has 5 N–H and O–H groups in total. The minimum Gasteiger partial charge on any atom is -0.369 e. The first-order valence-electron chi connectivity index (χ1n) is 22.2. The van der Waals surface area contributed by atoms with E-state index in [0.29, 0.717) is 22.8 Å². The Labute approximate surface area is 393 Å². The smallest absolute Gasteiger partial charge is 0.262 e. The van der Waals surface area contributed by atoms with E-state index in [2.05, 4.69) is 50.7 Å². The zero-order valence-electron chi connectivity index (χ0n) is 37.6. The number of amides is 5. The molecule has 0 spiro atoms. The standard InChI is InChI=1S/C46H53ClFN11O7S/c1-27-26-49-45(54-40(27)50-30-6-10-35(47)37(24-30)55-67(65,66)46(2,3)4)52-29-5-8-33(36(48)23-29)41(61)51-28-13-15-56(16-14-28)17-18-57-19-21-58(22-20-57)31-7-9-32-34(25-31)44(64)59(43(32)63)38-11-12-39(60)53-42(38)62/h5-10,23-26,28,38,55H,11-22H2,1-4H3,(H,51,61)(H,53,60,62)(H2,49,50,52,54). The maximum absolute atomic E-state index is 15.4. The highest BCUT2D eigenvalue weighted by Crippen LogP contribution is 2.33. The van der Waals surface area contributed by atoms with Crippen LogP contribution < -0.4 is 30.9 Å². The molecule has 354 valence electrons. The van der Waals surface area contributed by atoms with Crippen molar-refractivity contribution in [2.75, 3.05) is 72.6 Å². The number of aryl methyl sites for hydroxylation is 1. The first-order chi connectivity index (χ1) is 31.8. The molecule has 18 nitrogen and oxygen atoms in total. The van der Waals surface area contributed by atoms with Gasteiger partial charge in [0.15, 0.2) is 0 Å². The highest BCUT2D eigenvalue weighted by atomic mass is 35.5. The van der Waals surface area contributed by atoms with Crippen molar-refractivity contribution < 1.29 is 36.8 Å². The van der Waals surface area contributed by atoms with Crippen LogP contribution in [0.25, 0.3) is 0 Å². The van der Waals surface area contributed by atoms with E-state index in [1.54, 1.807) is 70.3 Å². The van der Waals surface area contributed by atoms with Crippen LogP contribution in [0.1, 0.15) is 83.1 Å². The Morgan fingerprint density at radius 1 is 0.851 bits per heavy atom. The number of nitrogens with one attached hydrogen (secondary N) is 5. The molecule has 3 fully saturated rings. The molecule has 1 aromatic heterocycles. The van der Waals surface area contributed by atoms with Gasteiger partial charge in [-0.3, -0.25) is 43.8 Å². The molecule has 0 radical (unpaired) electrons. The average molecular weight is 959 g/mol. The van der Waals surface area contributed by atoms with Gasteiger partial charge in [0.25, 0.3) is 17.7 Å². The molecule has 4 aromatic rings. The van der Waals surface area contributed by atoms with Crippen LogP contribution in [-0.2, 0) is 19.6 Å². The lowest BCUT2D eigenvalue weighted by molar-refractivity contribution is -0.136. The van der Waals surface area contributed by atoms with Crippen LogP contribution in [0.3, 0.4) is 0 Å². The molecule has 0 bridgehead atoms. The molecule has 3 aromatic carbocycles. The molecule has 4 aliphatic rings. The maximum Gasteiger partial charge on any atom is 0.262 e. The normalized spacial score (nSPS) is 18.7. The van der Waals surface area contributed by atoms with Crippen LogP contribution in [-0.4, -0.2) is 132 Å². The fraction of sp³-hybridized carbons (Fsp3) is 0.413. The molecule has 67 heavy (non-hydrogen) atoms.